The van der Waals surface area contributed by atoms with Gasteiger partial charge in [-0.25, -0.2) is 8.78 Å². The van der Waals surface area contributed by atoms with Crippen LogP contribution in [0.3, 0.4) is 0 Å². The third-order valence-electron chi connectivity index (χ3n) is 4.18. The molecule has 1 heterocycles. The van der Waals surface area contributed by atoms with E-state index in [0.717, 1.165) is 18.2 Å². The molecule has 2 aromatic carbocycles. The van der Waals surface area contributed by atoms with Gasteiger partial charge in [0.05, 0.1) is 11.7 Å². The molecule has 1 saturated heterocycles. The quantitative estimate of drug-likeness (QED) is 0.818. The molecule has 1 fully saturated rings. The van der Waals surface area contributed by atoms with Crippen LogP contribution >= 0.6 is 0 Å². The summed E-state index contributed by atoms with van der Waals surface area (Å²) in [5.74, 6) is -2.53. The van der Waals surface area contributed by atoms with Crippen LogP contribution in [0.25, 0.3) is 0 Å². The number of β-amino-alcohol motifs (C(OH)–C–C–N with tert-alkyl or cyclic N) is 1. The van der Waals surface area contributed by atoms with Gasteiger partial charge in [0, 0.05) is 18.8 Å². The smallest absolute Gasteiger partial charge is 0.420 e. The van der Waals surface area contributed by atoms with Crippen molar-refractivity contribution in [3.63, 3.8) is 0 Å². The molecule has 0 saturated carbocycles. The molecule has 2 aromatic rings. The lowest BCUT2D eigenvalue weighted by atomic mass is 10.1. The van der Waals surface area contributed by atoms with Gasteiger partial charge in [-0.3, -0.25) is 0 Å². The number of aliphatic hydroxyl groups is 1. The lowest BCUT2D eigenvalue weighted by Gasteiger charge is -2.21. The number of ether oxygens (including phenoxy) is 1. The summed E-state index contributed by atoms with van der Waals surface area (Å²) < 4.78 is 71.4. The lowest BCUT2D eigenvalue weighted by Crippen LogP contribution is -2.22. The number of hydrogen-bond donors (Lipinski definition) is 1. The summed E-state index contributed by atoms with van der Waals surface area (Å²) in [6.07, 6.45) is -4.71. The third kappa shape index (κ3) is 4.07. The monoisotopic (exact) mass is 373 g/mol. The van der Waals surface area contributed by atoms with Gasteiger partial charge in [0.15, 0.2) is 11.6 Å². The van der Waals surface area contributed by atoms with E-state index in [1.807, 2.05) is 0 Å². The highest BCUT2D eigenvalue weighted by molar-refractivity contribution is 5.55. The minimum atomic E-state index is -4.64. The Balaban J connectivity index is 1.82. The molecule has 0 amide bonds. The Morgan fingerprint density at radius 2 is 1.85 bits per heavy atom. The standard InChI is InChI=1S/C18H16F5NO2/c19-15-3-1-11(7-16(15)20)10-26-17-4-2-12(8-14(17)18(21,22)23)24-6-5-13(25)9-24/h1-4,7-8,13,25H,5-6,9-10H2/t13-/m1/s1. The van der Waals surface area contributed by atoms with E-state index in [9.17, 15) is 27.1 Å². The van der Waals surface area contributed by atoms with E-state index >= 15 is 0 Å². The topological polar surface area (TPSA) is 32.7 Å². The zero-order valence-electron chi connectivity index (χ0n) is 13.6. The van der Waals surface area contributed by atoms with E-state index in [2.05, 4.69) is 0 Å². The molecule has 1 aliphatic rings. The van der Waals surface area contributed by atoms with Crippen molar-refractivity contribution in [2.75, 3.05) is 18.0 Å². The number of alkyl halides is 3. The minimum Gasteiger partial charge on any atom is -0.488 e. The summed E-state index contributed by atoms with van der Waals surface area (Å²) in [5.41, 5.74) is -0.406. The predicted octanol–water partition coefficient (Wildman–Crippen LogP) is 4.13. The van der Waals surface area contributed by atoms with Gasteiger partial charge in [0.25, 0.3) is 0 Å². The van der Waals surface area contributed by atoms with Crippen molar-refractivity contribution < 1.29 is 31.8 Å². The molecule has 1 atom stereocenters. The van der Waals surface area contributed by atoms with Crippen LogP contribution in [0.1, 0.15) is 17.5 Å². The Kier molecular flexibility index (Phi) is 5.04. The summed E-state index contributed by atoms with van der Waals surface area (Å²) in [7, 11) is 0. The van der Waals surface area contributed by atoms with Gasteiger partial charge in [0.2, 0.25) is 0 Å². The molecule has 0 spiro atoms. The number of nitrogens with zero attached hydrogens (tertiary/aromatic N) is 1. The molecular formula is C18H16F5NO2. The summed E-state index contributed by atoms with van der Waals surface area (Å²) in [6, 6.07) is 6.66. The number of anilines is 1. The molecule has 3 nitrogen and oxygen atoms in total. The van der Waals surface area contributed by atoms with Crippen LogP contribution in [0.2, 0.25) is 0 Å². The largest absolute Gasteiger partial charge is 0.488 e. The van der Waals surface area contributed by atoms with E-state index < -0.39 is 35.2 Å². The number of halogens is 5. The van der Waals surface area contributed by atoms with Gasteiger partial charge in [-0.1, -0.05) is 6.07 Å². The fourth-order valence-electron chi connectivity index (χ4n) is 2.83. The van der Waals surface area contributed by atoms with Crippen molar-refractivity contribution in [1.29, 1.82) is 0 Å². The lowest BCUT2D eigenvalue weighted by molar-refractivity contribution is -0.139. The van der Waals surface area contributed by atoms with Crippen LogP contribution in [0.5, 0.6) is 5.75 Å². The van der Waals surface area contributed by atoms with Gasteiger partial charge in [-0.05, 0) is 42.3 Å². The van der Waals surface area contributed by atoms with Crippen LogP contribution in [-0.4, -0.2) is 24.3 Å². The third-order valence-corrected chi connectivity index (χ3v) is 4.18. The maximum atomic E-state index is 13.4. The van der Waals surface area contributed by atoms with Crippen molar-refractivity contribution in [3.8, 4) is 5.75 Å². The molecule has 0 bridgehead atoms. The Morgan fingerprint density at radius 1 is 1.08 bits per heavy atom. The van der Waals surface area contributed by atoms with Gasteiger partial charge >= 0.3 is 6.18 Å². The number of aliphatic hydroxyl groups excluding tert-OH is 1. The first kappa shape index (κ1) is 18.4. The fourth-order valence-corrected chi connectivity index (χ4v) is 2.83. The van der Waals surface area contributed by atoms with Crippen LogP contribution in [-0.2, 0) is 12.8 Å². The maximum absolute atomic E-state index is 13.4. The molecule has 3 rings (SSSR count). The van der Waals surface area contributed by atoms with E-state index in [1.165, 1.54) is 18.2 Å². The average Bonchev–Trinajstić information content (AvgIpc) is 3.01. The van der Waals surface area contributed by atoms with E-state index in [-0.39, 0.29) is 18.7 Å². The molecule has 1 N–H and O–H groups in total. The van der Waals surface area contributed by atoms with Crippen molar-refractivity contribution in [3.05, 3.63) is 59.2 Å². The highest BCUT2D eigenvalue weighted by atomic mass is 19.4. The zero-order chi connectivity index (χ0) is 18.9. The highest BCUT2D eigenvalue weighted by Gasteiger charge is 2.35. The first-order valence-corrected chi connectivity index (χ1v) is 7.95. The number of benzene rings is 2. The Labute approximate surface area is 146 Å². The normalized spacial score (nSPS) is 17.6. The van der Waals surface area contributed by atoms with Crippen LogP contribution in [0.4, 0.5) is 27.6 Å². The minimum absolute atomic E-state index is 0.212. The molecule has 140 valence electrons. The summed E-state index contributed by atoms with van der Waals surface area (Å²) >= 11 is 0. The molecule has 8 heteroatoms. The van der Waals surface area contributed by atoms with Crippen LogP contribution in [0, 0.1) is 11.6 Å². The van der Waals surface area contributed by atoms with Gasteiger partial charge in [0.1, 0.15) is 12.4 Å². The molecular weight excluding hydrogens is 357 g/mol. The van der Waals surface area contributed by atoms with Crippen LogP contribution < -0.4 is 9.64 Å². The first-order chi connectivity index (χ1) is 12.2. The van der Waals surface area contributed by atoms with Gasteiger partial charge in [-0.15, -0.1) is 0 Å². The maximum Gasteiger partial charge on any atom is 0.420 e. The SMILES string of the molecule is O[C@@H]1CCN(c2ccc(OCc3ccc(F)c(F)c3)c(C(F)(F)F)c2)C1. The zero-order valence-corrected chi connectivity index (χ0v) is 13.6. The molecule has 0 aromatic heterocycles. The van der Waals surface area contributed by atoms with Crippen molar-refractivity contribution >= 4 is 5.69 Å². The molecule has 0 unspecified atom stereocenters. The molecule has 0 aliphatic carbocycles. The second-order valence-electron chi connectivity index (χ2n) is 6.10. The first-order valence-electron chi connectivity index (χ1n) is 7.95. The second-order valence-corrected chi connectivity index (χ2v) is 6.10. The Hall–Kier alpha value is -2.35. The van der Waals surface area contributed by atoms with E-state index in [1.54, 1.807) is 4.90 Å². The van der Waals surface area contributed by atoms with Crippen LogP contribution in [0.15, 0.2) is 36.4 Å². The Bertz CT molecular complexity index is 794. The molecule has 0 radical (unpaired) electrons. The Morgan fingerprint density at radius 3 is 2.46 bits per heavy atom. The summed E-state index contributed by atoms with van der Waals surface area (Å²) in [5, 5.41) is 9.55. The van der Waals surface area contributed by atoms with Gasteiger partial charge < -0.3 is 14.7 Å². The van der Waals surface area contributed by atoms with E-state index in [0.29, 0.717) is 18.7 Å². The molecule has 1 aliphatic heterocycles. The number of hydrogen-bond acceptors (Lipinski definition) is 3. The van der Waals surface area contributed by atoms with Gasteiger partial charge in [-0.2, -0.15) is 13.2 Å². The predicted molar refractivity (Wildman–Crippen MR) is 85.0 cm³/mol. The molecule has 26 heavy (non-hydrogen) atoms. The fraction of sp³-hybridized carbons (Fsp3) is 0.333. The van der Waals surface area contributed by atoms with Crippen molar-refractivity contribution in [2.45, 2.75) is 25.3 Å². The summed E-state index contributed by atoms with van der Waals surface area (Å²) in [6.45, 7) is 0.405. The van der Waals surface area contributed by atoms with E-state index in [4.69, 9.17) is 4.74 Å². The van der Waals surface area contributed by atoms with Crippen molar-refractivity contribution in [2.24, 2.45) is 0 Å². The summed E-state index contributed by atoms with van der Waals surface area (Å²) in [4.78, 5) is 1.67. The second kappa shape index (κ2) is 7.11. The highest BCUT2D eigenvalue weighted by Crippen LogP contribution is 2.39. The van der Waals surface area contributed by atoms with Crippen molar-refractivity contribution in [1.82, 2.24) is 0 Å². The number of rotatable bonds is 4. The average molecular weight is 373 g/mol.